The number of aromatic nitrogens is 4. The predicted molar refractivity (Wildman–Crippen MR) is 67.4 cm³/mol. The van der Waals surface area contributed by atoms with E-state index < -0.39 is 0 Å². The molecule has 0 N–H and O–H groups in total. The lowest BCUT2D eigenvalue weighted by Gasteiger charge is -2.28. The fourth-order valence-corrected chi connectivity index (χ4v) is 2.49. The number of rotatable bonds is 1. The molecule has 17 heavy (non-hydrogen) atoms. The Morgan fingerprint density at radius 2 is 1.94 bits per heavy atom. The van der Waals surface area contributed by atoms with E-state index >= 15 is 0 Å². The number of aryl methyl sites for hydroxylation is 1. The number of anilines is 1. The number of piperidine rings is 1. The summed E-state index contributed by atoms with van der Waals surface area (Å²) in [5, 5.41) is 5.50. The molecule has 0 aromatic carbocycles. The zero-order chi connectivity index (χ0) is 11.8. The normalized spacial score (nSPS) is 16.7. The minimum Gasteiger partial charge on any atom is -0.356 e. The first kappa shape index (κ1) is 10.8. The van der Waals surface area contributed by atoms with Crippen LogP contribution in [0, 0.1) is 0 Å². The second-order valence-electron chi connectivity index (χ2n) is 4.37. The molecule has 1 saturated heterocycles. The molecule has 2 aromatic rings. The van der Waals surface area contributed by atoms with Crippen molar-refractivity contribution in [3.05, 3.63) is 11.5 Å². The zero-order valence-corrected chi connectivity index (χ0v) is 10.5. The van der Waals surface area contributed by atoms with Crippen molar-refractivity contribution in [1.82, 2.24) is 19.7 Å². The minimum atomic E-state index is 0.293. The lowest BCUT2D eigenvalue weighted by atomic mass is 10.1. The van der Waals surface area contributed by atoms with E-state index in [4.69, 9.17) is 11.6 Å². The van der Waals surface area contributed by atoms with Gasteiger partial charge in [-0.15, -0.1) is 0 Å². The molecular weight excluding hydrogens is 238 g/mol. The van der Waals surface area contributed by atoms with E-state index in [9.17, 15) is 0 Å². The molecule has 0 atom stereocenters. The van der Waals surface area contributed by atoms with Gasteiger partial charge in [0, 0.05) is 20.1 Å². The van der Waals surface area contributed by atoms with Gasteiger partial charge in [-0.25, -0.2) is 0 Å². The van der Waals surface area contributed by atoms with Crippen LogP contribution in [0.2, 0.25) is 5.28 Å². The summed E-state index contributed by atoms with van der Waals surface area (Å²) in [6.45, 7) is 2.08. The monoisotopic (exact) mass is 251 g/mol. The van der Waals surface area contributed by atoms with Crippen LogP contribution in [0.15, 0.2) is 6.20 Å². The number of hydrogen-bond acceptors (Lipinski definition) is 4. The molecule has 3 heterocycles. The first-order valence-corrected chi connectivity index (χ1v) is 6.24. The van der Waals surface area contributed by atoms with Gasteiger partial charge in [0.1, 0.15) is 5.82 Å². The van der Waals surface area contributed by atoms with Crippen LogP contribution < -0.4 is 4.90 Å². The van der Waals surface area contributed by atoms with Crippen molar-refractivity contribution in [3.8, 4) is 0 Å². The quantitative estimate of drug-likeness (QED) is 0.728. The summed E-state index contributed by atoms with van der Waals surface area (Å²) in [5.41, 5.74) is 0.797. The van der Waals surface area contributed by atoms with E-state index in [2.05, 4.69) is 20.0 Å². The Kier molecular flexibility index (Phi) is 2.63. The van der Waals surface area contributed by atoms with Crippen LogP contribution in [0.5, 0.6) is 0 Å². The predicted octanol–water partition coefficient (Wildman–Crippen LogP) is 2.01. The van der Waals surface area contributed by atoms with Gasteiger partial charge in [-0.2, -0.15) is 15.1 Å². The van der Waals surface area contributed by atoms with Gasteiger partial charge in [0.05, 0.1) is 11.6 Å². The summed E-state index contributed by atoms with van der Waals surface area (Å²) in [6.07, 6.45) is 5.54. The summed E-state index contributed by atoms with van der Waals surface area (Å²) in [5.74, 6) is 0.924. The van der Waals surface area contributed by atoms with Crippen molar-refractivity contribution < 1.29 is 0 Å². The third kappa shape index (κ3) is 1.84. The van der Waals surface area contributed by atoms with Gasteiger partial charge in [0.25, 0.3) is 0 Å². The number of fused-ring (bicyclic) bond motifs is 1. The summed E-state index contributed by atoms with van der Waals surface area (Å²) in [6, 6.07) is 0. The van der Waals surface area contributed by atoms with Crippen molar-refractivity contribution in [1.29, 1.82) is 0 Å². The fraction of sp³-hybridized carbons (Fsp3) is 0.545. The molecule has 0 bridgehead atoms. The van der Waals surface area contributed by atoms with E-state index in [-0.39, 0.29) is 0 Å². The van der Waals surface area contributed by atoms with Crippen molar-refractivity contribution >= 4 is 28.5 Å². The molecule has 90 valence electrons. The van der Waals surface area contributed by atoms with Gasteiger partial charge in [0.15, 0.2) is 5.65 Å². The molecule has 0 aliphatic carbocycles. The molecule has 1 aliphatic heterocycles. The zero-order valence-electron chi connectivity index (χ0n) is 9.73. The molecule has 0 amide bonds. The fourth-order valence-electron chi connectivity index (χ4n) is 2.33. The molecule has 2 aromatic heterocycles. The molecule has 0 unspecified atom stereocenters. The maximum atomic E-state index is 5.98. The molecule has 0 spiro atoms. The molecule has 1 fully saturated rings. The van der Waals surface area contributed by atoms with Gasteiger partial charge >= 0.3 is 0 Å². The van der Waals surface area contributed by atoms with Gasteiger partial charge in [-0.05, 0) is 30.9 Å². The smallest absolute Gasteiger partial charge is 0.226 e. The Balaban J connectivity index is 2.13. The van der Waals surface area contributed by atoms with Crippen molar-refractivity contribution in [2.45, 2.75) is 19.3 Å². The topological polar surface area (TPSA) is 46.8 Å². The highest BCUT2D eigenvalue weighted by Gasteiger charge is 2.18. The van der Waals surface area contributed by atoms with E-state index in [1.807, 2.05) is 13.2 Å². The summed E-state index contributed by atoms with van der Waals surface area (Å²) < 4.78 is 1.73. The number of hydrogen-bond donors (Lipinski definition) is 0. The molecular formula is C11H14ClN5. The van der Waals surface area contributed by atoms with Crippen molar-refractivity contribution in [2.75, 3.05) is 18.0 Å². The van der Waals surface area contributed by atoms with E-state index in [0.717, 1.165) is 29.9 Å². The maximum absolute atomic E-state index is 5.98. The van der Waals surface area contributed by atoms with Crippen molar-refractivity contribution in [3.63, 3.8) is 0 Å². The molecule has 0 saturated carbocycles. The highest BCUT2D eigenvalue weighted by molar-refractivity contribution is 6.28. The Morgan fingerprint density at radius 1 is 1.18 bits per heavy atom. The standard InChI is InChI=1S/C11H14ClN5/c1-16-9-8(7-13-16)10(15-11(12)14-9)17-5-3-2-4-6-17/h7H,2-6H2,1H3. The Bertz CT molecular complexity index is 544. The van der Waals surface area contributed by atoms with Crippen LogP contribution >= 0.6 is 11.6 Å². The highest BCUT2D eigenvalue weighted by Crippen LogP contribution is 2.27. The van der Waals surface area contributed by atoms with Crippen LogP contribution in [0.3, 0.4) is 0 Å². The second kappa shape index (κ2) is 4.14. The molecule has 6 heteroatoms. The second-order valence-corrected chi connectivity index (χ2v) is 4.71. The van der Waals surface area contributed by atoms with E-state index in [1.54, 1.807) is 4.68 Å². The van der Waals surface area contributed by atoms with Crippen LogP contribution in [-0.2, 0) is 7.05 Å². The highest BCUT2D eigenvalue weighted by atomic mass is 35.5. The Hall–Kier alpha value is -1.36. The summed E-state index contributed by atoms with van der Waals surface area (Å²) >= 11 is 5.98. The van der Waals surface area contributed by atoms with Gasteiger partial charge in [-0.3, -0.25) is 4.68 Å². The molecule has 3 rings (SSSR count). The third-order valence-corrected chi connectivity index (χ3v) is 3.37. The van der Waals surface area contributed by atoms with Gasteiger partial charge in [0.2, 0.25) is 5.28 Å². The van der Waals surface area contributed by atoms with E-state index in [1.165, 1.54) is 19.3 Å². The Labute approximate surface area is 104 Å². The third-order valence-electron chi connectivity index (χ3n) is 3.20. The lowest BCUT2D eigenvalue weighted by Crippen LogP contribution is -2.30. The van der Waals surface area contributed by atoms with Gasteiger partial charge < -0.3 is 4.90 Å². The largest absolute Gasteiger partial charge is 0.356 e. The average molecular weight is 252 g/mol. The van der Waals surface area contributed by atoms with Crippen LogP contribution in [0.4, 0.5) is 5.82 Å². The van der Waals surface area contributed by atoms with Gasteiger partial charge in [-0.1, -0.05) is 0 Å². The lowest BCUT2D eigenvalue weighted by molar-refractivity contribution is 0.574. The van der Waals surface area contributed by atoms with Crippen molar-refractivity contribution in [2.24, 2.45) is 7.05 Å². The minimum absolute atomic E-state index is 0.293. The molecule has 5 nitrogen and oxygen atoms in total. The molecule has 0 radical (unpaired) electrons. The van der Waals surface area contributed by atoms with E-state index in [0.29, 0.717) is 5.28 Å². The SMILES string of the molecule is Cn1ncc2c(N3CCCCC3)nc(Cl)nc21. The first-order valence-electron chi connectivity index (χ1n) is 5.86. The van der Waals surface area contributed by atoms with Crippen LogP contribution in [0.25, 0.3) is 11.0 Å². The summed E-state index contributed by atoms with van der Waals surface area (Å²) in [7, 11) is 1.87. The first-order chi connectivity index (χ1) is 8.25. The number of nitrogens with zero attached hydrogens (tertiary/aromatic N) is 5. The maximum Gasteiger partial charge on any atom is 0.226 e. The molecule has 1 aliphatic rings. The van der Waals surface area contributed by atoms with Crippen LogP contribution in [0.1, 0.15) is 19.3 Å². The number of halogens is 1. The summed E-state index contributed by atoms with van der Waals surface area (Å²) in [4.78, 5) is 10.9. The average Bonchev–Trinajstić information content (AvgIpc) is 2.72. The van der Waals surface area contributed by atoms with Crippen LogP contribution in [-0.4, -0.2) is 32.8 Å². The Morgan fingerprint density at radius 3 is 2.71 bits per heavy atom.